The van der Waals surface area contributed by atoms with E-state index in [1.807, 2.05) is 49.8 Å². The van der Waals surface area contributed by atoms with E-state index in [9.17, 15) is 0 Å². The van der Waals surface area contributed by atoms with Crippen LogP contribution in [0.15, 0.2) is 91.6 Å². The van der Waals surface area contributed by atoms with Gasteiger partial charge in [0.2, 0.25) is 0 Å². The van der Waals surface area contributed by atoms with E-state index in [4.69, 9.17) is 4.98 Å². The number of fused-ring (bicyclic) bond motifs is 7. The summed E-state index contributed by atoms with van der Waals surface area (Å²) in [5.74, 6) is 0. The topological polar surface area (TPSA) is 60.9 Å². The van der Waals surface area contributed by atoms with Gasteiger partial charge in [0.25, 0.3) is 0 Å². The number of nitrogens with zero attached hydrogens (tertiary/aromatic N) is 6. The van der Waals surface area contributed by atoms with Gasteiger partial charge in [0.05, 0.1) is 17.4 Å². The van der Waals surface area contributed by atoms with Crippen molar-refractivity contribution in [3.8, 4) is 17.1 Å². The summed E-state index contributed by atoms with van der Waals surface area (Å²) in [5, 5.41) is 4.48. The highest BCUT2D eigenvalue weighted by molar-refractivity contribution is 6.12. The lowest BCUT2D eigenvalue weighted by molar-refractivity contribution is 1.10. The maximum absolute atomic E-state index is 4.98. The molecular weight excluding hydrogens is 408 g/mol. The Hall–Kier alpha value is -4.58. The largest absolute Gasteiger partial charge is 0.301 e. The van der Waals surface area contributed by atoms with E-state index < -0.39 is 0 Å². The summed E-state index contributed by atoms with van der Waals surface area (Å²) < 4.78 is 4.25. The van der Waals surface area contributed by atoms with Gasteiger partial charge >= 0.3 is 0 Å². The molecule has 0 fully saturated rings. The fourth-order valence-corrected chi connectivity index (χ4v) is 4.63. The van der Waals surface area contributed by atoms with Crippen molar-refractivity contribution in [2.24, 2.45) is 0 Å². The third kappa shape index (κ3) is 2.67. The van der Waals surface area contributed by atoms with Gasteiger partial charge in [0, 0.05) is 52.3 Å². The summed E-state index contributed by atoms with van der Waals surface area (Å²) in [5.41, 5.74) is 6.59. The molecule has 6 heterocycles. The summed E-state index contributed by atoms with van der Waals surface area (Å²) in [7, 11) is 0. The average molecular weight is 426 g/mol. The van der Waals surface area contributed by atoms with Gasteiger partial charge in [0.15, 0.2) is 0 Å². The SMILES string of the molecule is Cc1cc2c3cc(-n4ccc5cccnc54)ccc3c3nc(-c4ccccn4)cn3c2cn1. The predicted molar refractivity (Wildman–Crippen MR) is 131 cm³/mol. The molecule has 7 rings (SSSR count). The van der Waals surface area contributed by atoms with Crippen molar-refractivity contribution in [1.29, 1.82) is 0 Å². The van der Waals surface area contributed by atoms with Crippen LogP contribution >= 0.6 is 0 Å². The van der Waals surface area contributed by atoms with E-state index in [1.165, 1.54) is 0 Å². The minimum Gasteiger partial charge on any atom is -0.301 e. The summed E-state index contributed by atoms with van der Waals surface area (Å²) in [6.07, 6.45) is 9.68. The molecule has 0 spiro atoms. The normalized spacial score (nSPS) is 11.8. The Labute approximate surface area is 188 Å². The van der Waals surface area contributed by atoms with Crippen LogP contribution in [0.4, 0.5) is 0 Å². The molecular formula is C27H18N6. The molecule has 0 aliphatic carbocycles. The van der Waals surface area contributed by atoms with Crippen LogP contribution < -0.4 is 0 Å². The van der Waals surface area contributed by atoms with E-state index >= 15 is 0 Å². The quantitative estimate of drug-likeness (QED) is 0.331. The second-order valence-electron chi connectivity index (χ2n) is 8.21. The van der Waals surface area contributed by atoms with Gasteiger partial charge in [-0.3, -0.25) is 14.4 Å². The molecule has 0 bridgehead atoms. The minimum absolute atomic E-state index is 0.842. The fourth-order valence-electron chi connectivity index (χ4n) is 4.63. The number of imidazole rings is 1. The lowest BCUT2D eigenvalue weighted by Crippen LogP contribution is -1.96. The first-order chi connectivity index (χ1) is 16.3. The van der Waals surface area contributed by atoms with Gasteiger partial charge < -0.3 is 4.57 Å². The Morgan fingerprint density at radius 3 is 2.58 bits per heavy atom. The van der Waals surface area contributed by atoms with E-state index in [-0.39, 0.29) is 0 Å². The van der Waals surface area contributed by atoms with Crippen LogP contribution in [0, 0.1) is 6.92 Å². The van der Waals surface area contributed by atoms with E-state index in [0.717, 1.165) is 61.1 Å². The molecule has 0 amide bonds. The molecule has 7 aromatic rings. The molecule has 6 aromatic heterocycles. The Balaban J connectivity index is 1.57. The van der Waals surface area contributed by atoms with Gasteiger partial charge in [0.1, 0.15) is 17.0 Å². The summed E-state index contributed by atoms with van der Waals surface area (Å²) in [4.78, 5) is 18.6. The van der Waals surface area contributed by atoms with Crippen LogP contribution in [0.2, 0.25) is 0 Å². The first kappa shape index (κ1) is 18.0. The summed E-state index contributed by atoms with van der Waals surface area (Å²) in [6, 6.07) is 20.7. The third-order valence-electron chi connectivity index (χ3n) is 6.17. The first-order valence-electron chi connectivity index (χ1n) is 10.8. The van der Waals surface area contributed by atoms with Crippen LogP contribution in [-0.4, -0.2) is 28.9 Å². The van der Waals surface area contributed by atoms with Crippen molar-refractivity contribution in [3.63, 3.8) is 0 Å². The Kier molecular flexibility index (Phi) is 3.67. The summed E-state index contributed by atoms with van der Waals surface area (Å²) >= 11 is 0. The number of hydrogen-bond donors (Lipinski definition) is 0. The zero-order valence-electron chi connectivity index (χ0n) is 17.8. The molecule has 0 saturated heterocycles. The van der Waals surface area contributed by atoms with Crippen LogP contribution in [0.5, 0.6) is 0 Å². The Morgan fingerprint density at radius 1 is 0.727 bits per heavy atom. The lowest BCUT2D eigenvalue weighted by Gasteiger charge is -2.11. The van der Waals surface area contributed by atoms with Gasteiger partial charge in [-0.05, 0) is 66.9 Å². The molecule has 1 aromatic carbocycles. The molecule has 0 saturated carbocycles. The van der Waals surface area contributed by atoms with Crippen molar-refractivity contribution < 1.29 is 0 Å². The monoisotopic (exact) mass is 426 g/mol. The standard InChI is InChI=1S/C27H18N6/c1-17-13-22-21-14-19(32-12-9-18-5-4-11-29-26(18)32)7-8-20(21)27-31-24(23-6-2-3-10-28-23)16-33(27)25(22)15-30-17/h2-16H,1H3. The Morgan fingerprint density at radius 2 is 1.67 bits per heavy atom. The fraction of sp³-hybridized carbons (Fsp3) is 0.0370. The average Bonchev–Trinajstić information content (AvgIpc) is 3.50. The van der Waals surface area contributed by atoms with Crippen molar-refractivity contribution in [3.05, 3.63) is 97.3 Å². The van der Waals surface area contributed by atoms with E-state index in [0.29, 0.717) is 0 Å². The van der Waals surface area contributed by atoms with Crippen LogP contribution in [0.25, 0.3) is 55.4 Å². The third-order valence-corrected chi connectivity index (χ3v) is 6.17. The zero-order chi connectivity index (χ0) is 21.9. The van der Waals surface area contributed by atoms with Gasteiger partial charge in [-0.15, -0.1) is 0 Å². The molecule has 156 valence electrons. The number of benzene rings is 1. The predicted octanol–water partition coefficient (Wildman–Crippen LogP) is 5.75. The van der Waals surface area contributed by atoms with Crippen molar-refractivity contribution in [2.45, 2.75) is 6.92 Å². The zero-order valence-corrected chi connectivity index (χ0v) is 17.8. The van der Waals surface area contributed by atoms with Crippen molar-refractivity contribution in [1.82, 2.24) is 28.9 Å². The molecule has 33 heavy (non-hydrogen) atoms. The molecule has 0 N–H and O–H groups in total. The molecule has 0 aliphatic heterocycles. The van der Waals surface area contributed by atoms with Gasteiger partial charge in [-0.1, -0.05) is 6.07 Å². The highest BCUT2D eigenvalue weighted by atomic mass is 15.0. The van der Waals surface area contributed by atoms with Gasteiger partial charge in [-0.25, -0.2) is 9.97 Å². The van der Waals surface area contributed by atoms with Gasteiger partial charge in [-0.2, -0.15) is 0 Å². The highest BCUT2D eigenvalue weighted by Crippen LogP contribution is 2.33. The minimum atomic E-state index is 0.842. The summed E-state index contributed by atoms with van der Waals surface area (Å²) in [6.45, 7) is 2.02. The van der Waals surface area contributed by atoms with Crippen molar-refractivity contribution in [2.75, 3.05) is 0 Å². The van der Waals surface area contributed by atoms with Crippen LogP contribution in [0.1, 0.15) is 5.69 Å². The lowest BCUT2D eigenvalue weighted by atomic mass is 10.1. The van der Waals surface area contributed by atoms with Crippen LogP contribution in [0.3, 0.4) is 0 Å². The second-order valence-corrected chi connectivity index (χ2v) is 8.21. The molecule has 0 unspecified atom stereocenters. The van der Waals surface area contributed by atoms with Crippen LogP contribution in [-0.2, 0) is 0 Å². The van der Waals surface area contributed by atoms with E-state index in [2.05, 4.69) is 66.5 Å². The Bertz CT molecular complexity index is 1830. The van der Waals surface area contributed by atoms with E-state index in [1.54, 1.807) is 6.20 Å². The maximum atomic E-state index is 4.98. The molecule has 0 radical (unpaired) electrons. The highest BCUT2D eigenvalue weighted by Gasteiger charge is 2.15. The molecule has 6 heteroatoms. The first-order valence-corrected chi connectivity index (χ1v) is 10.8. The number of rotatable bonds is 2. The molecule has 0 atom stereocenters. The number of aryl methyl sites for hydroxylation is 1. The second kappa shape index (κ2) is 6.71. The maximum Gasteiger partial charge on any atom is 0.146 e. The number of hydrogen-bond acceptors (Lipinski definition) is 4. The van der Waals surface area contributed by atoms with Crippen molar-refractivity contribution >= 4 is 38.4 Å². The molecule has 0 aliphatic rings. The number of pyridine rings is 4. The smallest absolute Gasteiger partial charge is 0.146 e. The molecule has 6 nitrogen and oxygen atoms in total. The number of aromatic nitrogens is 6.